The number of nitrogens with one attached hydrogen (secondary N) is 2. The fraction of sp³-hybridized carbons (Fsp3) is 0.190. The number of carbonyl (C=O) groups excluding carboxylic acids is 1. The van der Waals surface area contributed by atoms with Gasteiger partial charge in [-0.05, 0) is 47.5 Å². The number of nitrogens with zero attached hydrogens (tertiary/aromatic N) is 5. The highest BCUT2D eigenvalue weighted by atomic mass is 32.2. The van der Waals surface area contributed by atoms with Gasteiger partial charge in [0.25, 0.3) is 0 Å². The molecule has 2 amide bonds. The lowest BCUT2D eigenvalue weighted by molar-refractivity contribution is 0.142. The lowest BCUT2D eigenvalue weighted by atomic mass is 10.1. The van der Waals surface area contributed by atoms with Crippen molar-refractivity contribution in [2.24, 2.45) is 0 Å². The number of sulfone groups is 1. The van der Waals surface area contributed by atoms with E-state index < -0.39 is 56.5 Å². The van der Waals surface area contributed by atoms with Crippen LogP contribution in [0.1, 0.15) is 22.5 Å². The van der Waals surface area contributed by atoms with E-state index in [1.807, 2.05) is 4.90 Å². The third-order valence-electron chi connectivity index (χ3n) is 9.28. The third kappa shape index (κ3) is 12.9. The molecule has 4 aromatic carbocycles. The first kappa shape index (κ1) is 45.3. The van der Waals surface area contributed by atoms with Crippen molar-refractivity contribution in [3.8, 4) is 11.4 Å². The fourth-order valence-electron chi connectivity index (χ4n) is 6.20. The Labute approximate surface area is 354 Å². The van der Waals surface area contributed by atoms with Crippen molar-refractivity contribution < 1.29 is 49.8 Å². The molecule has 15 nitrogen and oxygen atoms in total. The predicted molar refractivity (Wildman–Crippen MR) is 220 cm³/mol. The third-order valence-corrected chi connectivity index (χ3v) is 10.9. The molecule has 3 N–H and O–H groups in total. The molecule has 0 spiro atoms. The summed E-state index contributed by atoms with van der Waals surface area (Å²) in [5, 5.41) is 21.8. The Morgan fingerprint density at radius 1 is 0.683 bits per heavy atom. The molecule has 0 unspecified atom stereocenters. The van der Waals surface area contributed by atoms with E-state index in [9.17, 15) is 49.5 Å². The van der Waals surface area contributed by atoms with Gasteiger partial charge in [-0.25, -0.2) is 49.3 Å². The van der Waals surface area contributed by atoms with Gasteiger partial charge in [-0.1, -0.05) is 24.3 Å². The van der Waals surface area contributed by atoms with Crippen LogP contribution in [0.4, 0.5) is 42.9 Å². The summed E-state index contributed by atoms with van der Waals surface area (Å²) in [4.78, 5) is 49.2. The first-order chi connectivity index (χ1) is 30.0. The van der Waals surface area contributed by atoms with E-state index in [0.717, 1.165) is 35.0 Å². The van der Waals surface area contributed by atoms with Crippen LogP contribution in [-0.2, 0) is 27.4 Å². The van der Waals surface area contributed by atoms with Gasteiger partial charge in [0, 0.05) is 86.6 Å². The first-order valence-electron chi connectivity index (χ1n) is 18.8. The Kier molecular flexibility index (Phi) is 14.4. The van der Waals surface area contributed by atoms with Crippen LogP contribution in [0.2, 0.25) is 0 Å². The summed E-state index contributed by atoms with van der Waals surface area (Å²) in [6.07, 6.45) is 0.829. The normalized spacial score (nSPS) is 13.3. The van der Waals surface area contributed by atoms with Gasteiger partial charge < -0.3 is 9.84 Å². The number of ether oxygens (including phenoxy) is 1. The second-order valence-corrected chi connectivity index (χ2v) is 16.2. The summed E-state index contributed by atoms with van der Waals surface area (Å²) < 4.78 is 97.5. The average molecular weight is 894 g/mol. The zero-order valence-corrected chi connectivity index (χ0v) is 33.6. The molecule has 0 saturated carbocycles. The molecule has 2 aromatic heterocycles. The van der Waals surface area contributed by atoms with Gasteiger partial charge in [0.2, 0.25) is 10.9 Å². The minimum Gasteiger partial charge on any atom is -0.465 e. The maximum Gasteiger partial charge on any atom is 0.411 e. The zero-order valence-electron chi connectivity index (χ0n) is 32.8. The number of hydrogen-bond acceptors (Lipinski definition) is 10. The Morgan fingerprint density at radius 3 is 1.68 bits per heavy atom. The van der Waals surface area contributed by atoms with Gasteiger partial charge in [-0.15, -0.1) is 0 Å². The molecular formula is C42H36F5N7O8S. The molecule has 0 aliphatic carbocycles. The van der Waals surface area contributed by atoms with Gasteiger partial charge in [-0.3, -0.25) is 25.1 Å². The number of benzene rings is 4. The second-order valence-electron chi connectivity index (χ2n) is 13.9. The van der Waals surface area contributed by atoms with Crippen LogP contribution in [-0.4, -0.2) is 87.9 Å². The van der Waals surface area contributed by atoms with Crippen molar-refractivity contribution in [1.29, 1.82) is 0 Å². The molecule has 328 valence electrons. The largest absolute Gasteiger partial charge is 0.465 e. The Hall–Kier alpha value is -7.26. The molecule has 1 saturated heterocycles. The van der Waals surface area contributed by atoms with E-state index in [1.54, 1.807) is 42.5 Å². The molecule has 7 rings (SSSR count). The highest BCUT2D eigenvalue weighted by Gasteiger charge is 2.21. The van der Waals surface area contributed by atoms with E-state index in [4.69, 9.17) is 9.84 Å². The Morgan fingerprint density at radius 2 is 1.17 bits per heavy atom. The van der Waals surface area contributed by atoms with Crippen LogP contribution in [0.15, 0.2) is 113 Å². The molecule has 1 aliphatic heterocycles. The quantitative estimate of drug-likeness (QED) is 0.107. The van der Waals surface area contributed by atoms with Crippen LogP contribution in [0.5, 0.6) is 0 Å². The van der Waals surface area contributed by atoms with Crippen molar-refractivity contribution in [1.82, 2.24) is 24.5 Å². The van der Waals surface area contributed by atoms with E-state index >= 15 is 0 Å². The van der Waals surface area contributed by atoms with Gasteiger partial charge in [-0.2, -0.15) is 10.2 Å². The maximum atomic E-state index is 13.6. The average Bonchev–Trinajstić information content (AvgIpc) is 3.22. The molecule has 63 heavy (non-hydrogen) atoms. The SMILES string of the molecule is O=C(Nc1cccc(Cc2nn(-c3cc(F)cc(F)c3)ccc2=O)c1)OCCN1CCS(=O)(=O)CC1.O=C(O)Nc1cccc(Cc2nn(-c3cc(F)c(F)c(F)c3)ccc2=O)c1. The number of amides is 2. The molecule has 1 fully saturated rings. The number of carbonyl (C=O) groups is 2. The standard InChI is InChI=1S/C24H24F2N4O5S.C18H12F3N3O3/c25-18-14-19(26)16-21(15-18)30-5-4-23(31)22(28-30)13-17-2-1-3-20(12-17)27-24(32)35-9-6-29-7-10-36(33,34)11-8-29;19-13-8-12(9-14(20)17(13)21)24-5-4-16(25)15(23-24)7-10-2-1-3-11(6-10)22-18(26)27/h1-5,12,14-16H,6-11,13H2,(H,27,32);1-6,8-9,22H,7H2,(H,26,27). The number of anilines is 2. The van der Waals surface area contributed by atoms with Crippen LogP contribution in [0.3, 0.4) is 0 Å². The maximum absolute atomic E-state index is 13.6. The van der Waals surface area contributed by atoms with E-state index in [1.165, 1.54) is 35.3 Å². The summed E-state index contributed by atoms with van der Waals surface area (Å²) in [6.45, 7) is 1.38. The topological polar surface area (TPSA) is 195 Å². The van der Waals surface area contributed by atoms with E-state index in [0.29, 0.717) is 42.1 Å². The molecule has 1 aliphatic rings. The van der Waals surface area contributed by atoms with Gasteiger partial charge in [0.1, 0.15) is 29.6 Å². The molecule has 0 atom stereocenters. The Balaban J connectivity index is 0.000000219. The predicted octanol–water partition coefficient (Wildman–Crippen LogP) is 5.71. The summed E-state index contributed by atoms with van der Waals surface area (Å²) in [5.41, 5.74) is 1.56. The summed E-state index contributed by atoms with van der Waals surface area (Å²) in [5.74, 6) is -5.66. The highest BCUT2D eigenvalue weighted by Crippen LogP contribution is 2.18. The van der Waals surface area contributed by atoms with E-state index in [-0.39, 0.29) is 59.1 Å². The summed E-state index contributed by atoms with van der Waals surface area (Å²) in [6, 6.07) is 20.0. The molecular weight excluding hydrogens is 858 g/mol. The first-order valence-corrected chi connectivity index (χ1v) is 20.7. The van der Waals surface area contributed by atoms with Gasteiger partial charge >= 0.3 is 12.2 Å². The second kappa shape index (κ2) is 20.1. The minimum atomic E-state index is -2.96. The summed E-state index contributed by atoms with van der Waals surface area (Å²) >= 11 is 0. The Bertz CT molecular complexity index is 2840. The van der Waals surface area contributed by atoms with Crippen molar-refractivity contribution in [3.05, 3.63) is 175 Å². The number of aromatic nitrogens is 4. The van der Waals surface area contributed by atoms with Crippen molar-refractivity contribution in [2.75, 3.05) is 48.4 Å². The highest BCUT2D eigenvalue weighted by molar-refractivity contribution is 7.91. The monoisotopic (exact) mass is 893 g/mol. The molecule has 6 aromatic rings. The molecule has 0 bridgehead atoms. The number of rotatable bonds is 11. The molecule has 21 heteroatoms. The molecule has 0 radical (unpaired) electrons. The molecule has 3 heterocycles. The van der Waals surface area contributed by atoms with Crippen molar-refractivity contribution in [3.63, 3.8) is 0 Å². The minimum absolute atomic E-state index is 0.0565. The number of hydrogen-bond donors (Lipinski definition) is 3. The fourth-order valence-corrected chi connectivity index (χ4v) is 7.47. The van der Waals surface area contributed by atoms with Crippen LogP contribution < -0.4 is 21.5 Å². The van der Waals surface area contributed by atoms with Gasteiger partial charge in [0.15, 0.2) is 27.3 Å². The van der Waals surface area contributed by atoms with Crippen LogP contribution >= 0.6 is 0 Å². The van der Waals surface area contributed by atoms with Crippen molar-refractivity contribution >= 4 is 33.4 Å². The van der Waals surface area contributed by atoms with Crippen LogP contribution in [0.25, 0.3) is 11.4 Å². The smallest absolute Gasteiger partial charge is 0.411 e. The summed E-state index contributed by atoms with van der Waals surface area (Å²) in [7, 11) is -2.96. The zero-order chi connectivity index (χ0) is 45.3. The van der Waals surface area contributed by atoms with Gasteiger partial charge in [0.05, 0.1) is 22.9 Å². The number of halogens is 5. The van der Waals surface area contributed by atoms with Crippen LogP contribution in [0, 0.1) is 29.1 Å². The lowest BCUT2D eigenvalue weighted by Crippen LogP contribution is -2.42. The van der Waals surface area contributed by atoms with E-state index in [2.05, 4.69) is 20.8 Å². The lowest BCUT2D eigenvalue weighted by Gasteiger charge is -2.26. The number of carboxylic acid groups (broad SMARTS) is 1. The van der Waals surface area contributed by atoms with Crippen molar-refractivity contribution in [2.45, 2.75) is 12.8 Å².